The molecular weight excluding hydrogens is 252 g/mol. The molecule has 3 N–H and O–H groups in total. The molecule has 0 spiro atoms. The zero-order valence-electron chi connectivity index (χ0n) is 9.72. The van der Waals surface area contributed by atoms with Gasteiger partial charge in [-0.15, -0.1) is 21.5 Å². The monoisotopic (exact) mass is 266 g/mol. The highest BCUT2D eigenvalue weighted by atomic mass is 32.1. The summed E-state index contributed by atoms with van der Waals surface area (Å²) in [4.78, 5) is 15.5. The lowest BCUT2D eigenvalue weighted by Crippen LogP contribution is -2.20. The zero-order chi connectivity index (χ0) is 12.8. The molecule has 0 aromatic carbocycles. The summed E-state index contributed by atoms with van der Waals surface area (Å²) < 4.78 is 0. The lowest BCUT2D eigenvalue weighted by Gasteiger charge is -2.03. The Balaban J connectivity index is 2.03. The fourth-order valence-electron chi connectivity index (χ4n) is 1.42. The Labute approximate surface area is 108 Å². The van der Waals surface area contributed by atoms with Gasteiger partial charge in [-0.05, 0) is 17.9 Å². The molecule has 96 valence electrons. The molecule has 2 aromatic heterocycles. The third-order valence-electron chi connectivity index (χ3n) is 2.31. The minimum absolute atomic E-state index is 0.0983. The Bertz CT molecular complexity index is 538. The Morgan fingerprint density at radius 2 is 2.33 bits per heavy atom. The molecule has 0 aliphatic carbocycles. The SMILES string of the molecule is O=c1[nH]c(NCCCO)nnc1Cc1cccs1. The van der Waals surface area contributed by atoms with Crippen LogP contribution in [0.3, 0.4) is 0 Å². The number of H-pyrrole nitrogens is 1. The number of aromatic amines is 1. The van der Waals surface area contributed by atoms with Crippen molar-refractivity contribution >= 4 is 17.3 Å². The maximum Gasteiger partial charge on any atom is 0.274 e. The predicted octanol–water partition coefficient (Wildman–Crippen LogP) is 0.611. The Kier molecular flexibility index (Phi) is 4.43. The summed E-state index contributed by atoms with van der Waals surface area (Å²) in [6.45, 7) is 0.645. The molecule has 6 nitrogen and oxygen atoms in total. The van der Waals surface area contributed by atoms with Gasteiger partial charge in [-0.25, -0.2) is 0 Å². The van der Waals surface area contributed by atoms with Gasteiger partial charge in [0, 0.05) is 24.4 Å². The average molecular weight is 266 g/mol. The molecule has 2 rings (SSSR count). The number of thiophene rings is 1. The maximum absolute atomic E-state index is 11.8. The van der Waals surface area contributed by atoms with Crippen LogP contribution in [0.1, 0.15) is 17.0 Å². The van der Waals surface area contributed by atoms with Crippen molar-refractivity contribution in [3.8, 4) is 0 Å². The van der Waals surface area contributed by atoms with E-state index in [0.717, 1.165) is 4.88 Å². The summed E-state index contributed by atoms with van der Waals surface area (Å²) in [6.07, 6.45) is 1.09. The molecule has 0 aliphatic heterocycles. The Morgan fingerprint density at radius 3 is 3.00 bits per heavy atom. The Hall–Kier alpha value is -1.73. The fraction of sp³-hybridized carbons (Fsp3) is 0.364. The molecule has 18 heavy (non-hydrogen) atoms. The molecule has 0 fully saturated rings. The van der Waals surface area contributed by atoms with Gasteiger partial charge in [0.15, 0.2) is 0 Å². The van der Waals surface area contributed by atoms with Gasteiger partial charge in [-0.3, -0.25) is 9.78 Å². The van der Waals surface area contributed by atoms with Crippen LogP contribution in [-0.2, 0) is 6.42 Å². The van der Waals surface area contributed by atoms with Crippen molar-refractivity contribution in [2.45, 2.75) is 12.8 Å². The van der Waals surface area contributed by atoms with E-state index < -0.39 is 0 Å². The van der Waals surface area contributed by atoms with Crippen LogP contribution in [0.5, 0.6) is 0 Å². The minimum Gasteiger partial charge on any atom is -0.396 e. The second-order valence-electron chi connectivity index (χ2n) is 3.71. The third-order valence-corrected chi connectivity index (χ3v) is 3.19. The number of hydrogen-bond acceptors (Lipinski definition) is 6. The average Bonchev–Trinajstić information content (AvgIpc) is 2.86. The van der Waals surface area contributed by atoms with Gasteiger partial charge in [0.2, 0.25) is 5.95 Å². The number of hydrogen-bond donors (Lipinski definition) is 3. The largest absolute Gasteiger partial charge is 0.396 e. The number of aliphatic hydroxyl groups excluding tert-OH is 1. The van der Waals surface area contributed by atoms with Crippen LogP contribution in [0, 0.1) is 0 Å². The standard InChI is InChI=1S/C11H14N4O2S/c16-5-2-4-12-11-13-10(17)9(14-15-11)7-8-3-1-6-18-8/h1,3,6,16H,2,4-5,7H2,(H2,12,13,15,17). The predicted molar refractivity (Wildman–Crippen MR) is 70.0 cm³/mol. The highest BCUT2D eigenvalue weighted by Gasteiger charge is 2.06. The van der Waals surface area contributed by atoms with E-state index in [1.807, 2.05) is 17.5 Å². The van der Waals surface area contributed by atoms with Crippen molar-refractivity contribution in [2.75, 3.05) is 18.5 Å². The van der Waals surface area contributed by atoms with Crippen LogP contribution >= 0.6 is 11.3 Å². The number of aliphatic hydroxyl groups is 1. The summed E-state index contributed by atoms with van der Waals surface area (Å²) in [5.41, 5.74) is 0.176. The summed E-state index contributed by atoms with van der Waals surface area (Å²) in [7, 11) is 0. The minimum atomic E-state index is -0.232. The summed E-state index contributed by atoms with van der Waals surface area (Å²) >= 11 is 1.58. The van der Waals surface area contributed by atoms with Crippen molar-refractivity contribution in [1.29, 1.82) is 0 Å². The molecule has 2 aromatic rings. The quantitative estimate of drug-likeness (QED) is 0.666. The van der Waals surface area contributed by atoms with Gasteiger partial charge in [-0.2, -0.15) is 0 Å². The normalized spacial score (nSPS) is 10.5. The van der Waals surface area contributed by atoms with Crippen LogP contribution < -0.4 is 10.9 Å². The topological polar surface area (TPSA) is 90.9 Å². The molecule has 0 atom stereocenters. The van der Waals surface area contributed by atoms with Crippen LogP contribution in [0.15, 0.2) is 22.3 Å². The van der Waals surface area contributed by atoms with Gasteiger partial charge < -0.3 is 10.4 Å². The third kappa shape index (κ3) is 3.38. The first kappa shape index (κ1) is 12.7. The lowest BCUT2D eigenvalue weighted by molar-refractivity contribution is 0.292. The first-order chi connectivity index (χ1) is 8.79. The zero-order valence-corrected chi connectivity index (χ0v) is 10.5. The van der Waals surface area contributed by atoms with Gasteiger partial charge in [-0.1, -0.05) is 6.07 Å². The molecule has 0 saturated carbocycles. The Morgan fingerprint density at radius 1 is 1.44 bits per heavy atom. The highest BCUT2D eigenvalue weighted by Crippen LogP contribution is 2.11. The summed E-state index contributed by atoms with van der Waals surface area (Å²) in [5.74, 6) is 0.336. The van der Waals surface area contributed by atoms with E-state index in [2.05, 4.69) is 20.5 Å². The number of aromatic nitrogens is 3. The van der Waals surface area contributed by atoms with E-state index >= 15 is 0 Å². The molecule has 0 radical (unpaired) electrons. The van der Waals surface area contributed by atoms with Crippen molar-refractivity contribution in [3.05, 3.63) is 38.4 Å². The van der Waals surface area contributed by atoms with Gasteiger partial charge in [0.1, 0.15) is 5.69 Å². The van der Waals surface area contributed by atoms with Crippen LogP contribution in [0.2, 0.25) is 0 Å². The molecule has 7 heteroatoms. The van der Waals surface area contributed by atoms with Crippen molar-refractivity contribution in [2.24, 2.45) is 0 Å². The van der Waals surface area contributed by atoms with Crippen molar-refractivity contribution in [1.82, 2.24) is 15.2 Å². The molecule has 0 bridgehead atoms. The van der Waals surface area contributed by atoms with Gasteiger partial charge in [0.25, 0.3) is 5.56 Å². The van der Waals surface area contributed by atoms with E-state index in [1.165, 1.54) is 0 Å². The molecule has 0 unspecified atom stereocenters. The highest BCUT2D eigenvalue weighted by molar-refractivity contribution is 7.09. The maximum atomic E-state index is 11.8. The van der Waals surface area contributed by atoms with Crippen molar-refractivity contribution < 1.29 is 5.11 Å². The lowest BCUT2D eigenvalue weighted by atomic mass is 10.3. The van der Waals surface area contributed by atoms with Gasteiger partial charge in [0.05, 0.1) is 0 Å². The van der Waals surface area contributed by atoms with E-state index in [1.54, 1.807) is 11.3 Å². The molecule has 0 amide bonds. The van der Waals surface area contributed by atoms with Crippen LogP contribution in [-0.4, -0.2) is 33.4 Å². The van der Waals surface area contributed by atoms with Crippen LogP contribution in [0.25, 0.3) is 0 Å². The van der Waals surface area contributed by atoms with E-state index in [-0.39, 0.29) is 12.2 Å². The van der Waals surface area contributed by atoms with E-state index in [4.69, 9.17) is 5.11 Å². The van der Waals surface area contributed by atoms with E-state index in [0.29, 0.717) is 31.0 Å². The molecule has 2 heterocycles. The first-order valence-electron chi connectivity index (χ1n) is 5.62. The number of nitrogens with one attached hydrogen (secondary N) is 2. The summed E-state index contributed by atoms with van der Waals surface area (Å²) in [6, 6.07) is 3.89. The molecular formula is C11H14N4O2S. The smallest absolute Gasteiger partial charge is 0.274 e. The second kappa shape index (κ2) is 6.27. The van der Waals surface area contributed by atoms with Gasteiger partial charge >= 0.3 is 0 Å². The number of anilines is 1. The fourth-order valence-corrected chi connectivity index (χ4v) is 2.13. The van der Waals surface area contributed by atoms with E-state index in [9.17, 15) is 4.79 Å². The summed E-state index contributed by atoms with van der Waals surface area (Å²) in [5, 5.41) is 21.3. The molecule has 0 aliphatic rings. The van der Waals surface area contributed by atoms with Crippen LogP contribution in [0.4, 0.5) is 5.95 Å². The second-order valence-corrected chi connectivity index (χ2v) is 4.74. The molecule has 0 saturated heterocycles. The first-order valence-corrected chi connectivity index (χ1v) is 6.50. The number of nitrogens with zero attached hydrogens (tertiary/aromatic N) is 2. The van der Waals surface area contributed by atoms with Crippen molar-refractivity contribution in [3.63, 3.8) is 0 Å². The number of rotatable bonds is 6.